The van der Waals surface area contributed by atoms with Crippen molar-refractivity contribution in [2.75, 3.05) is 11.1 Å². The van der Waals surface area contributed by atoms with Gasteiger partial charge < -0.3 is 9.84 Å². The van der Waals surface area contributed by atoms with Crippen LogP contribution in [-0.2, 0) is 4.79 Å². The smallest absolute Gasteiger partial charge is 0.226 e. The molecule has 3 rings (SSSR count). The standard InChI is InChI=1S/C16H15N3O2S2/c1-11-9-14(19-21-11)18-15(20)7-8-22-16-17-13(10-23-16)12-5-3-2-4-6-12/h2-6,9-10H,7-8H2,1H3,(H,18,19,20). The van der Waals surface area contributed by atoms with Gasteiger partial charge in [0, 0.05) is 29.2 Å². The zero-order valence-corrected chi connectivity index (χ0v) is 14.1. The first-order valence-corrected chi connectivity index (χ1v) is 8.94. The Kier molecular flexibility index (Phi) is 5.09. The summed E-state index contributed by atoms with van der Waals surface area (Å²) in [6, 6.07) is 11.8. The summed E-state index contributed by atoms with van der Waals surface area (Å²) in [6.07, 6.45) is 0.400. The molecule has 23 heavy (non-hydrogen) atoms. The Morgan fingerprint density at radius 1 is 1.35 bits per heavy atom. The average molecular weight is 345 g/mol. The topological polar surface area (TPSA) is 68.0 Å². The van der Waals surface area contributed by atoms with Crippen LogP contribution in [0.2, 0.25) is 0 Å². The number of benzene rings is 1. The van der Waals surface area contributed by atoms with E-state index in [4.69, 9.17) is 4.52 Å². The van der Waals surface area contributed by atoms with Gasteiger partial charge in [-0.15, -0.1) is 11.3 Å². The molecule has 1 N–H and O–H groups in total. The fraction of sp³-hybridized carbons (Fsp3) is 0.188. The Morgan fingerprint density at radius 2 is 2.17 bits per heavy atom. The molecule has 0 bridgehead atoms. The van der Waals surface area contributed by atoms with Crippen molar-refractivity contribution in [1.82, 2.24) is 10.1 Å². The number of hydrogen-bond acceptors (Lipinski definition) is 6. The maximum atomic E-state index is 11.8. The molecule has 0 atom stereocenters. The summed E-state index contributed by atoms with van der Waals surface area (Å²) in [4.78, 5) is 16.4. The van der Waals surface area contributed by atoms with Gasteiger partial charge >= 0.3 is 0 Å². The quantitative estimate of drug-likeness (QED) is 0.677. The number of anilines is 1. The van der Waals surface area contributed by atoms with Crippen LogP contribution < -0.4 is 5.32 Å². The number of carbonyl (C=O) groups excluding carboxylic acids is 1. The van der Waals surface area contributed by atoms with E-state index in [9.17, 15) is 4.79 Å². The lowest BCUT2D eigenvalue weighted by Crippen LogP contribution is -2.12. The van der Waals surface area contributed by atoms with Crippen molar-refractivity contribution in [3.8, 4) is 11.3 Å². The molecular weight excluding hydrogens is 330 g/mol. The van der Waals surface area contributed by atoms with Gasteiger partial charge in [0.2, 0.25) is 5.91 Å². The van der Waals surface area contributed by atoms with Gasteiger partial charge in [0.25, 0.3) is 0 Å². The molecular formula is C16H15N3O2S2. The number of aryl methyl sites for hydroxylation is 1. The molecule has 0 spiro atoms. The molecule has 1 aromatic carbocycles. The van der Waals surface area contributed by atoms with Crippen LogP contribution in [0.3, 0.4) is 0 Å². The Hall–Kier alpha value is -2.12. The van der Waals surface area contributed by atoms with E-state index >= 15 is 0 Å². The van der Waals surface area contributed by atoms with Crippen molar-refractivity contribution in [2.45, 2.75) is 17.7 Å². The number of rotatable bonds is 6. The van der Waals surface area contributed by atoms with Gasteiger partial charge in [0.1, 0.15) is 5.76 Å². The van der Waals surface area contributed by atoms with E-state index in [1.807, 2.05) is 35.7 Å². The number of nitrogens with zero attached hydrogens (tertiary/aromatic N) is 2. The molecule has 0 saturated carbocycles. The van der Waals surface area contributed by atoms with Crippen molar-refractivity contribution in [2.24, 2.45) is 0 Å². The van der Waals surface area contributed by atoms with E-state index in [2.05, 4.69) is 15.5 Å². The summed E-state index contributed by atoms with van der Waals surface area (Å²) in [6.45, 7) is 1.78. The van der Waals surface area contributed by atoms with Crippen molar-refractivity contribution in [3.05, 3.63) is 47.5 Å². The Morgan fingerprint density at radius 3 is 2.91 bits per heavy atom. The van der Waals surface area contributed by atoms with Crippen LogP contribution in [0, 0.1) is 6.92 Å². The van der Waals surface area contributed by atoms with Crippen molar-refractivity contribution in [1.29, 1.82) is 0 Å². The highest BCUT2D eigenvalue weighted by Gasteiger charge is 2.08. The molecule has 0 aliphatic heterocycles. The molecule has 118 valence electrons. The largest absolute Gasteiger partial charge is 0.360 e. The molecule has 1 amide bonds. The molecule has 0 aliphatic rings. The molecule has 0 saturated heterocycles. The second-order valence-corrected chi connectivity index (χ2v) is 7.03. The Bertz CT molecular complexity index is 783. The fourth-order valence-electron chi connectivity index (χ4n) is 1.93. The minimum absolute atomic E-state index is 0.0781. The number of nitrogens with one attached hydrogen (secondary N) is 1. The molecule has 0 radical (unpaired) electrons. The summed E-state index contributed by atoms with van der Waals surface area (Å²) in [7, 11) is 0. The lowest BCUT2D eigenvalue weighted by atomic mass is 10.2. The third-order valence-electron chi connectivity index (χ3n) is 3.00. The van der Waals surface area contributed by atoms with Gasteiger partial charge in [0.05, 0.1) is 5.69 Å². The van der Waals surface area contributed by atoms with E-state index in [0.717, 1.165) is 15.6 Å². The third kappa shape index (κ3) is 4.43. The van der Waals surface area contributed by atoms with Gasteiger partial charge in [0.15, 0.2) is 10.2 Å². The number of thioether (sulfide) groups is 1. The SMILES string of the molecule is Cc1cc(NC(=O)CCSc2nc(-c3ccccc3)cs2)no1. The van der Waals surface area contributed by atoms with E-state index < -0.39 is 0 Å². The number of thiazole rings is 1. The minimum Gasteiger partial charge on any atom is -0.360 e. The van der Waals surface area contributed by atoms with Crippen molar-refractivity contribution in [3.63, 3.8) is 0 Å². The van der Waals surface area contributed by atoms with Gasteiger partial charge in [-0.1, -0.05) is 47.3 Å². The summed E-state index contributed by atoms with van der Waals surface area (Å²) in [5, 5.41) is 8.48. The fourth-order valence-corrected chi connectivity index (χ4v) is 3.77. The average Bonchev–Trinajstić information content (AvgIpc) is 3.17. The van der Waals surface area contributed by atoms with Gasteiger partial charge in [-0.05, 0) is 6.92 Å². The molecule has 0 fully saturated rings. The molecule has 2 heterocycles. The van der Waals surface area contributed by atoms with Crippen LogP contribution in [0.25, 0.3) is 11.3 Å². The number of hydrogen-bond donors (Lipinski definition) is 1. The van der Waals surface area contributed by atoms with Gasteiger partial charge in [-0.25, -0.2) is 4.98 Å². The summed E-state index contributed by atoms with van der Waals surface area (Å²) in [5.74, 6) is 1.72. The highest BCUT2D eigenvalue weighted by Crippen LogP contribution is 2.28. The first-order chi connectivity index (χ1) is 11.2. The maximum Gasteiger partial charge on any atom is 0.226 e. The lowest BCUT2D eigenvalue weighted by molar-refractivity contribution is -0.115. The molecule has 2 aromatic heterocycles. The van der Waals surface area contributed by atoms with Crippen LogP contribution in [-0.4, -0.2) is 21.8 Å². The molecule has 0 aliphatic carbocycles. The molecule has 7 heteroatoms. The lowest BCUT2D eigenvalue weighted by Gasteiger charge is -2.00. The minimum atomic E-state index is -0.0781. The van der Waals surface area contributed by atoms with Gasteiger partial charge in [-0.3, -0.25) is 4.79 Å². The van der Waals surface area contributed by atoms with Crippen LogP contribution in [0.4, 0.5) is 5.82 Å². The number of carbonyl (C=O) groups is 1. The molecule has 3 aromatic rings. The summed E-state index contributed by atoms with van der Waals surface area (Å²) >= 11 is 3.18. The first kappa shape index (κ1) is 15.8. The second kappa shape index (κ2) is 7.43. The zero-order valence-electron chi connectivity index (χ0n) is 12.5. The Balaban J connectivity index is 1.47. The highest BCUT2D eigenvalue weighted by atomic mass is 32.2. The van der Waals surface area contributed by atoms with Crippen LogP contribution in [0.1, 0.15) is 12.2 Å². The molecule has 0 unspecified atom stereocenters. The van der Waals surface area contributed by atoms with Crippen LogP contribution in [0.5, 0.6) is 0 Å². The number of amides is 1. The maximum absolute atomic E-state index is 11.8. The van der Waals surface area contributed by atoms with Crippen molar-refractivity contribution >= 4 is 34.8 Å². The van der Waals surface area contributed by atoms with E-state index in [0.29, 0.717) is 23.8 Å². The monoisotopic (exact) mass is 345 g/mol. The van der Waals surface area contributed by atoms with E-state index in [-0.39, 0.29) is 5.91 Å². The second-order valence-electron chi connectivity index (χ2n) is 4.83. The summed E-state index contributed by atoms with van der Waals surface area (Å²) < 4.78 is 5.87. The predicted octanol–water partition coefficient (Wildman–Crippen LogP) is 4.23. The third-order valence-corrected chi connectivity index (χ3v) is 5.03. The summed E-state index contributed by atoms with van der Waals surface area (Å²) in [5.41, 5.74) is 2.08. The van der Waals surface area contributed by atoms with Crippen LogP contribution in [0.15, 0.2) is 50.6 Å². The molecule has 5 nitrogen and oxygen atoms in total. The first-order valence-electron chi connectivity index (χ1n) is 7.07. The van der Waals surface area contributed by atoms with Crippen LogP contribution >= 0.6 is 23.1 Å². The number of aromatic nitrogens is 2. The predicted molar refractivity (Wildman–Crippen MR) is 92.8 cm³/mol. The van der Waals surface area contributed by atoms with E-state index in [1.165, 1.54) is 0 Å². The van der Waals surface area contributed by atoms with E-state index in [1.54, 1.807) is 36.1 Å². The van der Waals surface area contributed by atoms with Crippen molar-refractivity contribution < 1.29 is 9.32 Å². The van der Waals surface area contributed by atoms with Gasteiger partial charge in [-0.2, -0.15) is 0 Å². The zero-order chi connectivity index (χ0) is 16.1. The Labute approximate surface area is 142 Å². The normalized spacial score (nSPS) is 10.7. The highest BCUT2D eigenvalue weighted by molar-refractivity contribution is 8.01.